The van der Waals surface area contributed by atoms with E-state index < -0.39 is 0 Å². The molecule has 4 rings (SSSR count). The third-order valence-corrected chi connectivity index (χ3v) is 5.10. The van der Waals surface area contributed by atoms with Crippen LogP contribution in [0.2, 0.25) is 0 Å². The van der Waals surface area contributed by atoms with Crippen molar-refractivity contribution in [3.8, 4) is 10.6 Å². The molecule has 1 N–H and O–H groups in total. The van der Waals surface area contributed by atoms with Crippen LogP contribution in [0.4, 0.5) is 5.82 Å². The standard InChI is InChI=1S/C16H16N4OS/c1-10(21)13-4-5-14(22-13)12-9-19-16-15(17-6-7-20(12)16)18-8-11-2-3-11/h4-7,9,11H,2-3,8H2,1H3,(H,17,18). The van der Waals surface area contributed by atoms with Crippen LogP contribution in [0.25, 0.3) is 16.2 Å². The molecule has 6 heteroatoms. The number of nitrogens with zero attached hydrogens (tertiary/aromatic N) is 3. The van der Waals surface area contributed by atoms with Gasteiger partial charge in [-0.1, -0.05) is 0 Å². The average Bonchev–Trinajstić information content (AvgIpc) is 3.03. The van der Waals surface area contributed by atoms with Gasteiger partial charge >= 0.3 is 0 Å². The Morgan fingerprint density at radius 3 is 3.00 bits per heavy atom. The number of hydrogen-bond acceptors (Lipinski definition) is 5. The number of aromatic nitrogens is 3. The lowest BCUT2D eigenvalue weighted by molar-refractivity contribution is 0.102. The molecule has 3 aromatic rings. The van der Waals surface area contributed by atoms with Crippen molar-refractivity contribution >= 4 is 28.6 Å². The number of carbonyl (C=O) groups excluding carboxylic acids is 1. The van der Waals surface area contributed by atoms with Crippen LogP contribution < -0.4 is 5.32 Å². The first-order valence-corrected chi connectivity index (χ1v) is 8.21. The summed E-state index contributed by atoms with van der Waals surface area (Å²) in [6.07, 6.45) is 8.15. The van der Waals surface area contributed by atoms with Crippen LogP contribution in [-0.2, 0) is 0 Å². The van der Waals surface area contributed by atoms with Crippen molar-refractivity contribution in [3.63, 3.8) is 0 Å². The van der Waals surface area contributed by atoms with Crippen LogP contribution in [-0.4, -0.2) is 26.7 Å². The molecule has 0 bridgehead atoms. The average molecular weight is 312 g/mol. The highest BCUT2D eigenvalue weighted by atomic mass is 32.1. The number of ketones is 1. The van der Waals surface area contributed by atoms with E-state index in [0.717, 1.165) is 39.4 Å². The van der Waals surface area contributed by atoms with Gasteiger partial charge in [-0.05, 0) is 37.8 Å². The Morgan fingerprint density at radius 2 is 2.27 bits per heavy atom. The number of nitrogens with one attached hydrogen (secondary N) is 1. The van der Waals surface area contributed by atoms with Crippen molar-refractivity contribution < 1.29 is 4.79 Å². The molecule has 3 aromatic heterocycles. The quantitative estimate of drug-likeness (QED) is 0.733. The van der Waals surface area contributed by atoms with Gasteiger partial charge in [-0.15, -0.1) is 11.3 Å². The van der Waals surface area contributed by atoms with Crippen LogP contribution in [0.5, 0.6) is 0 Å². The van der Waals surface area contributed by atoms with E-state index in [-0.39, 0.29) is 5.78 Å². The lowest BCUT2D eigenvalue weighted by atomic mass is 10.3. The maximum Gasteiger partial charge on any atom is 0.180 e. The van der Waals surface area contributed by atoms with Gasteiger partial charge in [0.05, 0.1) is 21.6 Å². The highest BCUT2D eigenvalue weighted by Crippen LogP contribution is 2.31. The van der Waals surface area contributed by atoms with Crippen LogP contribution in [0, 0.1) is 5.92 Å². The summed E-state index contributed by atoms with van der Waals surface area (Å²) in [6, 6.07) is 3.84. The van der Waals surface area contributed by atoms with Gasteiger partial charge in [-0.2, -0.15) is 0 Å². The molecular weight excluding hydrogens is 296 g/mol. The molecule has 112 valence electrons. The topological polar surface area (TPSA) is 59.3 Å². The van der Waals surface area contributed by atoms with Crippen molar-refractivity contribution in [1.29, 1.82) is 0 Å². The summed E-state index contributed by atoms with van der Waals surface area (Å²) < 4.78 is 2.03. The summed E-state index contributed by atoms with van der Waals surface area (Å²) >= 11 is 1.50. The molecule has 0 spiro atoms. The number of rotatable bonds is 5. The Morgan fingerprint density at radius 1 is 1.41 bits per heavy atom. The second-order valence-corrected chi connectivity index (χ2v) is 6.74. The molecule has 0 aromatic carbocycles. The summed E-state index contributed by atoms with van der Waals surface area (Å²) in [5.74, 6) is 1.70. The molecule has 1 saturated carbocycles. The van der Waals surface area contributed by atoms with Gasteiger partial charge in [0, 0.05) is 18.9 Å². The Hall–Kier alpha value is -2.21. The summed E-state index contributed by atoms with van der Waals surface area (Å²) in [7, 11) is 0. The van der Waals surface area contributed by atoms with Gasteiger partial charge in [-0.3, -0.25) is 9.20 Å². The van der Waals surface area contributed by atoms with E-state index in [1.54, 1.807) is 13.1 Å². The van der Waals surface area contributed by atoms with Crippen LogP contribution in [0.3, 0.4) is 0 Å². The normalized spacial score (nSPS) is 14.4. The maximum absolute atomic E-state index is 11.5. The van der Waals surface area contributed by atoms with Crippen molar-refractivity contribution in [2.24, 2.45) is 5.92 Å². The molecule has 0 radical (unpaired) electrons. The Balaban J connectivity index is 1.71. The van der Waals surface area contributed by atoms with E-state index >= 15 is 0 Å². The second-order valence-electron chi connectivity index (χ2n) is 5.66. The van der Waals surface area contributed by atoms with E-state index in [2.05, 4.69) is 15.3 Å². The first-order chi connectivity index (χ1) is 10.7. The van der Waals surface area contributed by atoms with Crippen LogP contribution in [0.15, 0.2) is 30.7 Å². The van der Waals surface area contributed by atoms with Gasteiger partial charge in [0.2, 0.25) is 0 Å². The van der Waals surface area contributed by atoms with Crippen molar-refractivity contribution in [1.82, 2.24) is 14.4 Å². The molecule has 5 nitrogen and oxygen atoms in total. The van der Waals surface area contributed by atoms with E-state index in [4.69, 9.17) is 0 Å². The fourth-order valence-electron chi connectivity index (χ4n) is 2.45. The number of Topliss-reactive ketones (excluding diaryl/α,β-unsaturated/α-hetero) is 1. The molecular formula is C16H16N4OS. The fraction of sp³-hybridized carbons (Fsp3) is 0.312. The molecule has 0 amide bonds. The molecule has 0 saturated heterocycles. The highest BCUT2D eigenvalue weighted by molar-refractivity contribution is 7.17. The Bertz CT molecular complexity index is 847. The van der Waals surface area contributed by atoms with Gasteiger partial charge in [0.15, 0.2) is 17.2 Å². The summed E-state index contributed by atoms with van der Waals surface area (Å²) in [4.78, 5) is 22.2. The first-order valence-electron chi connectivity index (χ1n) is 7.39. The minimum Gasteiger partial charge on any atom is -0.367 e. The van der Waals surface area contributed by atoms with E-state index in [0.29, 0.717) is 0 Å². The maximum atomic E-state index is 11.5. The number of thiophene rings is 1. The molecule has 22 heavy (non-hydrogen) atoms. The zero-order valence-corrected chi connectivity index (χ0v) is 13.1. The molecule has 1 aliphatic rings. The number of carbonyl (C=O) groups is 1. The minimum absolute atomic E-state index is 0.0959. The fourth-order valence-corrected chi connectivity index (χ4v) is 3.36. The number of anilines is 1. The van der Waals surface area contributed by atoms with Crippen molar-refractivity contribution in [3.05, 3.63) is 35.6 Å². The second kappa shape index (κ2) is 5.21. The highest BCUT2D eigenvalue weighted by Gasteiger charge is 2.21. The third kappa shape index (κ3) is 2.39. The van der Waals surface area contributed by atoms with E-state index in [1.807, 2.05) is 28.9 Å². The molecule has 1 fully saturated rings. The Kier molecular flexibility index (Phi) is 3.18. The zero-order chi connectivity index (χ0) is 15.1. The van der Waals surface area contributed by atoms with Crippen LogP contribution in [0.1, 0.15) is 29.4 Å². The first kappa shape index (κ1) is 13.5. The predicted octanol–water partition coefficient (Wildman–Crippen LogP) is 3.48. The lowest BCUT2D eigenvalue weighted by Crippen LogP contribution is -2.06. The lowest BCUT2D eigenvalue weighted by Gasteiger charge is -2.06. The Labute approximate surface area is 132 Å². The number of fused-ring (bicyclic) bond motifs is 1. The molecule has 1 aliphatic carbocycles. The SMILES string of the molecule is CC(=O)c1ccc(-c2cnc3c(NCC4CC4)nccn23)s1. The largest absolute Gasteiger partial charge is 0.367 e. The van der Waals surface area contributed by atoms with Gasteiger partial charge in [0.1, 0.15) is 0 Å². The van der Waals surface area contributed by atoms with E-state index in [1.165, 1.54) is 24.2 Å². The smallest absolute Gasteiger partial charge is 0.180 e. The number of hydrogen-bond donors (Lipinski definition) is 1. The van der Waals surface area contributed by atoms with Crippen molar-refractivity contribution in [2.45, 2.75) is 19.8 Å². The molecule has 0 unspecified atom stereocenters. The third-order valence-electron chi connectivity index (χ3n) is 3.89. The van der Waals surface area contributed by atoms with Gasteiger partial charge in [0.25, 0.3) is 0 Å². The summed E-state index contributed by atoms with van der Waals surface area (Å²) in [6.45, 7) is 2.55. The minimum atomic E-state index is 0.0959. The summed E-state index contributed by atoms with van der Waals surface area (Å²) in [5.41, 5.74) is 1.82. The predicted molar refractivity (Wildman–Crippen MR) is 87.5 cm³/mol. The number of imidazole rings is 1. The zero-order valence-electron chi connectivity index (χ0n) is 12.2. The monoisotopic (exact) mass is 312 g/mol. The van der Waals surface area contributed by atoms with Crippen molar-refractivity contribution in [2.75, 3.05) is 11.9 Å². The van der Waals surface area contributed by atoms with Crippen LogP contribution >= 0.6 is 11.3 Å². The van der Waals surface area contributed by atoms with Gasteiger partial charge in [-0.25, -0.2) is 9.97 Å². The molecule has 0 aliphatic heterocycles. The van der Waals surface area contributed by atoms with Gasteiger partial charge < -0.3 is 5.32 Å². The summed E-state index contributed by atoms with van der Waals surface area (Å²) in [5, 5.41) is 3.39. The molecule has 0 atom stereocenters. The molecule has 3 heterocycles. The van der Waals surface area contributed by atoms with E-state index in [9.17, 15) is 4.79 Å².